The first-order valence-corrected chi connectivity index (χ1v) is 9.37. The highest BCUT2D eigenvalue weighted by Crippen LogP contribution is 2.31. The SMILES string of the molecule is CN(Cc1ccc2c(c1)OCCO2)C(=O)CSc1nc2ccccc2[nH]1. The van der Waals surface area contributed by atoms with Crippen LogP contribution in [0.4, 0.5) is 0 Å². The van der Waals surface area contributed by atoms with Crippen LogP contribution in [0.1, 0.15) is 5.56 Å². The minimum atomic E-state index is 0.0466. The topological polar surface area (TPSA) is 67.5 Å². The predicted molar refractivity (Wildman–Crippen MR) is 101 cm³/mol. The molecule has 1 aromatic heterocycles. The van der Waals surface area contributed by atoms with Gasteiger partial charge in [-0.25, -0.2) is 4.98 Å². The van der Waals surface area contributed by atoms with Crippen molar-refractivity contribution >= 4 is 28.7 Å². The fourth-order valence-corrected chi connectivity index (χ4v) is 3.61. The van der Waals surface area contributed by atoms with Crippen molar-refractivity contribution < 1.29 is 14.3 Å². The first kappa shape index (κ1) is 16.8. The van der Waals surface area contributed by atoms with Gasteiger partial charge in [-0.05, 0) is 29.8 Å². The van der Waals surface area contributed by atoms with Crippen LogP contribution >= 0.6 is 11.8 Å². The van der Waals surface area contributed by atoms with Crippen molar-refractivity contribution in [1.29, 1.82) is 0 Å². The first-order chi connectivity index (χ1) is 12.7. The Bertz CT molecular complexity index is 908. The van der Waals surface area contributed by atoms with Crippen LogP contribution < -0.4 is 9.47 Å². The van der Waals surface area contributed by atoms with Crippen LogP contribution in [0.5, 0.6) is 11.5 Å². The number of H-pyrrole nitrogens is 1. The van der Waals surface area contributed by atoms with Gasteiger partial charge in [0.05, 0.1) is 16.8 Å². The number of imidazole rings is 1. The molecule has 2 aromatic carbocycles. The van der Waals surface area contributed by atoms with E-state index in [9.17, 15) is 4.79 Å². The van der Waals surface area contributed by atoms with E-state index < -0.39 is 0 Å². The van der Waals surface area contributed by atoms with Gasteiger partial charge in [0, 0.05) is 13.6 Å². The molecule has 26 heavy (non-hydrogen) atoms. The lowest BCUT2D eigenvalue weighted by Gasteiger charge is -2.21. The Morgan fingerprint density at radius 1 is 1.19 bits per heavy atom. The molecule has 6 nitrogen and oxygen atoms in total. The lowest BCUT2D eigenvalue weighted by Crippen LogP contribution is -2.28. The number of para-hydroxylation sites is 2. The highest BCUT2D eigenvalue weighted by Gasteiger charge is 2.15. The van der Waals surface area contributed by atoms with Gasteiger partial charge in [0.2, 0.25) is 5.91 Å². The number of benzene rings is 2. The molecule has 3 aromatic rings. The van der Waals surface area contributed by atoms with E-state index in [-0.39, 0.29) is 5.91 Å². The zero-order chi connectivity index (χ0) is 17.9. The van der Waals surface area contributed by atoms with Crippen LogP contribution in [0.15, 0.2) is 47.6 Å². The van der Waals surface area contributed by atoms with E-state index in [2.05, 4.69) is 9.97 Å². The van der Waals surface area contributed by atoms with Crippen LogP contribution in [0.3, 0.4) is 0 Å². The van der Waals surface area contributed by atoms with Gasteiger partial charge in [-0.2, -0.15) is 0 Å². The molecule has 1 aliphatic rings. The quantitative estimate of drug-likeness (QED) is 0.700. The molecule has 0 aliphatic carbocycles. The summed E-state index contributed by atoms with van der Waals surface area (Å²) in [5, 5.41) is 0.757. The summed E-state index contributed by atoms with van der Waals surface area (Å²) in [4.78, 5) is 21.8. The maximum Gasteiger partial charge on any atom is 0.233 e. The number of fused-ring (bicyclic) bond motifs is 2. The second kappa shape index (κ2) is 7.29. The van der Waals surface area contributed by atoms with Gasteiger partial charge in [-0.3, -0.25) is 4.79 Å². The Hall–Kier alpha value is -2.67. The van der Waals surface area contributed by atoms with Gasteiger partial charge in [0.25, 0.3) is 0 Å². The van der Waals surface area contributed by atoms with Crippen LogP contribution in [0.2, 0.25) is 0 Å². The molecular formula is C19H19N3O3S. The van der Waals surface area contributed by atoms with E-state index in [1.165, 1.54) is 11.8 Å². The van der Waals surface area contributed by atoms with Crippen molar-refractivity contribution in [3.8, 4) is 11.5 Å². The fourth-order valence-electron chi connectivity index (χ4n) is 2.79. The maximum atomic E-state index is 12.4. The van der Waals surface area contributed by atoms with Crippen molar-refractivity contribution in [2.45, 2.75) is 11.7 Å². The highest BCUT2D eigenvalue weighted by molar-refractivity contribution is 7.99. The van der Waals surface area contributed by atoms with Gasteiger partial charge in [-0.1, -0.05) is 30.0 Å². The summed E-state index contributed by atoms with van der Waals surface area (Å²) in [6.45, 7) is 1.65. The number of amides is 1. The molecule has 0 unspecified atom stereocenters. The van der Waals surface area contributed by atoms with Gasteiger partial charge in [0.1, 0.15) is 13.2 Å². The molecule has 4 rings (SSSR count). The van der Waals surface area contributed by atoms with Gasteiger partial charge in [0.15, 0.2) is 16.7 Å². The second-order valence-electron chi connectivity index (χ2n) is 6.08. The molecule has 1 N–H and O–H groups in total. The number of nitrogens with one attached hydrogen (secondary N) is 1. The van der Waals surface area contributed by atoms with Gasteiger partial charge in [-0.15, -0.1) is 0 Å². The van der Waals surface area contributed by atoms with E-state index in [1.807, 2.05) is 42.5 Å². The largest absolute Gasteiger partial charge is 0.486 e. The Labute approximate surface area is 155 Å². The van der Waals surface area contributed by atoms with Crippen molar-refractivity contribution in [1.82, 2.24) is 14.9 Å². The minimum Gasteiger partial charge on any atom is -0.486 e. The fraction of sp³-hybridized carbons (Fsp3) is 0.263. The number of carbonyl (C=O) groups is 1. The molecule has 0 radical (unpaired) electrons. The van der Waals surface area contributed by atoms with Gasteiger partial charge < -0.3 is 19.4 Å². The van der Waals surface area contributed by atoms with Crippen molar-refractivity contribution in [2.75, 3.05) is 26.0 Å². The molecule has 0 fully saturated rings. The molecule has 7 heteroatoms. The Balaban J connectivity index is 1.35. The number of rotatable bonds is 5. The maximum absolute atomic E-state index is 12.4. The molecule has 1 amide bonds. The van der Waals surface area contributed by atoms with Crippen molar-refractivity contribution in [2.24, 2.45) is 0 Å². The average molecular weight is 369 g/mol. The molecule has 0 atom stereocenters. The Morgan fingerprint density at radius 3 is 2.85 bits per heavy atom. The number of thioether (sulfide) groups is 1. The van der Waals surface area contributed by atoms with Crippen LogP contribution in [0, 0.1) is 0 Å². The summed E-state index contributed by atoms with van der Waals surface area (Å²) in [5.74, 6) is 1.88. The Morgan fingerprint density at radius 2 is 2.00 bits per heavy atom. The zero-order valence-electron chi connectivity index (χ0n) is 14.4. The highest BCUT2D eigenvalue weighted by atomic mass is 32.2. The van der Waals surface area contributed by atoms with E-state index in [0.29, 0.717) is 25.5 Å². The summed E-state index contributed by atoms with van der Waals surface area (Å²) in [7, 11) is 1.80. The van der Waals surface area contributed by atoms with Crippen molar-refractivity contribution in [3.63, 3.8) is 0 Å². The standard InChI is InChI=1S/C19H19N3O3S/c1-22(11-13-6-7-16-17(10-13)25-9-8-24-16)18(23)12-26-19-20-14-4-2-3-5-15(14)21-19/h2-7,10H,8-9,11-12H2,1H3,(H,20,21). The van der Waals surface area contributed by atoms with Crippen molar-refractivity contribution in [3.05, 3.63) is 48.0 Å². The lowest BCUT2D eigenvalue weighted by atomic mass is 10.2. The summed E-state index contributed by atoms with van der Waals surface area (Å²) < 4.78 is 11.1. The number of carbonyl (C=O) groups excluding carboxylic acids is 1. The number of hydrogen-bond donors (Lipinski definition) is 1. The third-order valence-electron chi connectivity index (χ3n) is 4.15. The lowest BCUT2D eigenvalue weighted by molar-refractivity contribution is -0.127. The second-order valence-corrected chi connectivity index (χ2v) is 7.04. The molecule has 0 spiro atoms. The summed E-state index contributed by atoms with van der Waals surface area (Å²) >= 11 is 1.41. The van der Waals surface area contributed by atoms with E-state index >= 15 is 0 Å². The minimum absolute atomic E-state index is 0.0466. The number of nitrogens with zero attached hydrogens (tertiary/aromatic N) is 2. The van der Waals surface area contributed by atoms with Crippen LogP contribution in [-0.4, -0.2) is 46.8 Å². The molecule has 1 aliphatic heterocycles. The number of ether oxygens (including phenoxy) is 2. The third kappa shape index (κ3) is 3.62. The number of aromatic amines is 1. The van der Waals surface area contributed by atoms with Gasteiger partial charge >= 0.3 is 0 Å². The zero-order valence-corrected chi connectivity index (χ0v) is 15.2. The monoisotopic (exact) mass is 369 g/mol. The van der Waals surface area contributed by atoms with E-state index in [0.717, 1.165) is 33.3 Å². The molecule has 134 valence electrons. The number of aromatic nitrogens is 2. The molecular weight excluding hydrogens is 350 g/mol. The van der Waals surface area contributed by atoms with Crippen LogP contribution in [-0.2, 0) is 11.3 Å². The van der Waals surface area contributed by atoms with Crippen LogP contribution in [0.25, 0.3) is 11.0 Å². The summed E-state index contributed by atoms with van der Waals surface area (Å²) in [6, 6.07) is 13.6. The Kier molecular flexibility index (Phi) is 4.71. The third-order valence-corrected chi connectivity index (χ3v) is 5.01. The number of hydrogen-bond acceptors (Lipinski definition) is 5. The van der Waals surface area contributed by atoms with E-state index in [4.69, 9.17) is 9.47 Å². The summed E-state index contributed by atoms with van der Waals surface area (Å²) in [5.41, 5.74) is 2.90. The first-order valence-electron chi connectivity index (χ1n) is 8.39. The predicted octanol–water partition coefficient (Wildman–Crippen LogP) is 3.08. The molecule has 0 saturated heterocycles. The molecule has 0 saturated carbocycles. The average Bonchev–Trinajstić information content (AvgIpc) is 3.09. The van der Waals surface area contributed by atoms with E-state index in [1.54, 1.807) is 11.9 Å². The normalized spacial score (nSPS) is 13.0. The summed E-state index contributed by atoms with van der Waals surface area (Å²) in [6.07, 6.45) is 0. The molecule has 0 bridgehead atoms. The smallest absolute Gasteiger partial charge is 0.233 e. The molecule has 2 heterocycles.